The van der Waals surface area contributed by atoms with Gasteiger partial charge in [-0.25, -0.2) is 8.42 Å². The highest BCUT2D eigenvalue weighted by Crippen LogP contribution is 2.33. The number of fused-ring (bicyclic) bond motifs is 1. The van der Waals surface area contributed by atoms with Crippen molar-refractivity contribution in [1.82, 2.24) is 9.62 Å². The normalized spacial score (nSPS) is 17.3. The van der Waals surface area contributed by atoms with Crippen LogP contribution in [0.1, 0.15) is 35.0 Å². The number of hydrogen-bond donors (Lipinski definition) is 1. The van der Waals surface area contributed by atoms with E-state index in [0.29, 0.717) is 62.8 Å². The second-order valence-corrected chi connectivity index (χ2v) is 10.9. The molecule has 4 rings (SSSR count). The number of ether oxygens (including phenoxy) is 2. The maximum atomic E-state index is 13.0. The van der Waals surface area contributed by atoms with Crippen LogP contribution in [0.2, 0.25) is 0 Å². The number of benzene rings is 1. The minimum atomic E-state index is -3.61. The summed E-state index contributed by atoms with van der Waals surface area (Å²) in [5.74, 6) is 0.820. The van der Waals surface area contributed by atoms with E-state index in [1.807, 2.05) is 0 Å². The molecular formula is C21H24N2O6S2. The van der Waals surface area contributed by atoms with Crippen molar-refractivity contribution in [2.24, 2.45) is 5.92 Å². The quantitative estimate of drug-likeness (QED) is 0.659. The Morgan fingerprint density at radius 3 is 2.52 bits per heavy atom. The van der Waals surface area contributed by atoms with E-state index in [1.54, 1.807) is 30.3 Å². The van der Waals surface area contributed by atoms with Crippen molar-refractivity contribution in [2.75, 3.05) is 26.3 Å². The first-order chi connectivity index (χ1) is 14.8. The van der Waals surface area contributed by atoms with Crippen LogP contribution in [0.15, 0.2) is 34.5 Å². The molecule has 0 unspecified atom stereocenters. The van der Waals surface area contributed by atoms with E-state index >= 15 is 0 Å². The molecule has 1 saturated heterocycles. The van der Waals surface area contributed by atoms with E-state index in [4.69, 9.17) is 9.47 Å². The molecule has 1 amide bonds. The number of carbonyl (C=O) groups excluding carboxylic acids is 2. The van der Waals surface area contributed by atoms with Gasteiger partial charge in [0.15, 0.2) is 17.3 Å². The van der Waals surface area contributed by atoms with Gasteiger partial charge in [-0.3, -0.25) is 9.59 Å². The van der Waals surface area contributed by atoms with Crippen LogP contribution in [-0.4, -0.2) is 50.7 Å². The highest BCUT2D eigenvalue weighted by atomic mass is 32.2. The number of hydrogen-bond acceptors (Lipinski definition) is 7. The second kappa shape index (κ2) is 8.97. The number of amides is 1. The SMILES string of the molecule is CC(=O)NCc1ccc(S(=O)(=O)N2CCC(C(=O)c3ccc4c(c3)OCCO4)CC2)s1. The van der Waals surface area contributed by atoms with Crippen molar-refractivity contribution >= 4 is 33.1 Å². The second-order valence-electron chi connectivity index (χ2n) is 7.53. The van der Waals surface area contributed by atoms with E-state index in [2.05, 4.69) is 5.32 Å². The number of Topliss-reactive ketones (excluding diaryl/α,β-unsaturated/α-hetero) is 1. The van der Waals surface area contributed by atoms with Crippen molar-refractivity contribution in [2.45, 2.75) is 30.5 Å². The smallest absolute Gasteiger partial charge is 0.252 e. The van der Waals surface area contributed by atoms with Gasteiger partial charge in [-0.1, -0.05) is 0 Å². The summed E-state index contributed by atoms with van der Waals surface area (Å²) in [7, 11) is -3.61. The fraction of sp³-hybridized carbons (Fsp3) is 0.429. The average molecular weight is 465 g/mol. The third kappa shape index (κ3) is 4.76. The zero-order chi connectivity index (χ0) is 22.0. The molecule has 10 heteroatoms. The number of thiophene rings is 1. The summed E-state index contributed by atoms with van der Waals surface area (Å²) in [6, 6.07) is 8.48. The maximum Gasteiger partial charge on any atom is 0.252 e. The minimum Gasteiger partial charge on any atom is -0.486 e. The Labute approximate surface area is 185 Å². The van der Waals surface area contributed by atoms with Crippen LogP contribution in [-0.2, 0) is 21.4 Å². The number of ketones is 1. The van der Waals surface area contributed by atoms with Crippen molar-refractivity contribution in [1.29, 1.82) is 0 Å². The lowest BCUT2D eigenvalue weighted by Crippen LogP contribution is -2.40. The first-order valence-corrected chi connectivity index (χ1v) is 12.4. The molecule has 8 nitrogen and oxygen atoms in total. The number of piperidine rings is 1. The molecule has 0 spiro atoms. The summed E-state index contributed by atoms with van der Waals surface area (Å²) < 4.78 is 38.7. The van der Waals surface area contributed by atoms with Crippen LogP contribution in [0.5, 0.6) is 11.5 Å². The van der Waals surface area contributed by atoms with Gasteiger partial charge in [0.25, 0.3) is 10.0 Å². The molecule has 0 atom stereocenters. The third-order valence-electron chi connectivity index (χ3n) is 5.39. The highest BCUT2D eigenvalue weighted by Gasteiger charge is 2.33. The van der Waals surface area contributed by atoms with Crippen LogP contribution in [0.4, 0.5) is 0 Å². The molecular weight excluding hydrogens is 440 g/mol. The Morgan fingerprint density at radius 1 is 1.10 bits per heavy atom. The molecule has 0 aliphatic carbocycles. The largest absolute Gasteiger partial charge is 0.486 e. The molecule has 1 aromatic heterocycles. The van der Waals surface area contributed by atoms with Crippen molar-refractivity contribution in [3.8, 4) is 11.5 Å². The number of nitrogens with one attached hydrogen (secondary N) is 1. The molecule has 1 aromatic carbocycles. The van der Waals surface area contributed by atoms with E-state index in [0.717, 1.165) is 16.2 Å². The highest BCUT2D eigenvalue weighted by molar-refractivity contribution is 7.91. The Morgan fingerprint density at radius 2 is 1.81 bits per heavy atom. The molecule has 31 heavy (non-hydrogen) atoms. The molecule has 3 heterocycles. The molecule has 1 N–H and O–H groups in total. The monoisotopic (exact) mass is 464 g/mol. The number of nitrogens with zero attached hydrogens (tertiary/aromatic N) is 1. The summed E-state index contributed by atoms with van der Waals surface area (Å²) >= 11 is 1.16. The Hall–Kier alpha value is -2.43. The van der Waals surface area contributed by atoms with Gasteiger partial charge in [0.2, 0.25) is 5.91 Å². The fourth-order valence-electron chi connectivity index (χ4n) is 3.72. The summed E-state index contributed by atoms with van der Waals surface area (Å²) in [6.45, 7) is 3.26. The molecule has 0 saturated carbocycles. The first kappa shape index (κ1) is 21.8. The number of carbonyl (C=O) groups is 2. The lowest BCUT2D eigenvalue weighted by atomic mass is 9.89. The van der Waals surface area contributed by atoms with Gasteiger partial charge in [-0.15, -0.1) is 11.3 Å². The topological polar surface area (TPSA) is 102 Å². The number of rotatable bonds is 6. The van der Waals surface area contributed by atoms with Crippen LogP contribution < -0.4 is 14.8 Å². The van der Waals surface area contributed by atoms with E-state index in [-0.39, 0.29) is 21.8 Å². The van der Waals surface area contributed by atoms with Gasteiger partial charge in [0, 0.05) is 36.4 Å². The molecule has 2 aliphatic rings. The molecule has 2 aromatic rings. The van der Waals surface area contributed by atoms with Gasteiger partial charge in [0.1, 0.15) is 17.4 Å². The van der Waals surface area contributed by atoms with Gasteiger partial charge in [-0.2, -0.15) is 4.31 Å². The third-order valence-corrected chi connectivity index (χ3v) is 8.85. The van der Waals surface area contributed by atoms with Crippen LogP contribution in [0.3, 0.4) is 0 Å². The molecule has 0 bridgehead atoms. The zero-order valence-electron chi connectivity index (χ0n) is 17.1. The molecule has 2 aliphatic heterocycles. The van der Waals surface area contributed by atoms with Crippen LogP contribution >= 0.6 is 11.3 Å². The van der Waals surface area contributed by atoms with Crippen LogP contribution in [0, 0.1) is 5.92 Å². The lowest BCUT2D eigenvalue weighted by Gasteiger charge is -2.30. The van der Waals surface area contributed by atoms with Gasteiger partial charge < -0.3 is 14.8 Å². The summed E-state index contributed by atoms with van der Waals surface area (Å²) in [5, 5.41) is 2.67. The van der Waals surface area contributed by atoms with Crippen LogP contribution in [0.25, 0.3) is 0 Å². The van der Waals surface area contributed by atoms with E-state index < -0.39 is 10.0 Å². The Balaban J connectivity index is 1.39. The van der Waals surface area contributed by atoms with Crippen molar-refractivity contribution < 1.29 is 27.5 Å². The standard InChI is InChI=1S/C21H24N2O6S2/c1-14(24)22-13-17-3-5-20(30-17)31(26,27)23-8-6-15(7-9-23)21(25)16-2-4-18-19(12-16)29-11-10-28-18/h2-5,12,15H,6-11,13H2,1H3,(H,22,24). The van der Waals surface area contributed by atoms with Gasteiger partial charge >= 0.3 is 0 Å². The first-order valence-electron chi connectivity index (χ1n) is 10.1. The Kier molecular flexibility index (Phi) is 6.31. The van der Waals surface area contributed by atoms with E-state index in [1.165, 1.54) is 11.2 Å². The fourth-order valence-corrected chi connectivity index (χ4v) is 6.64. The average Bonchev–Trinajstić information content (AvgIpc) is 3.27. The van der Waals surface area contributed by atoms with E-state index in [9.17, 15) is 18.0 Å². The Bertz CT molecular complexity index is 1090. The zero-order valence-corrected chi connectivity index (χ0v) is 18.8. The summed E-state index contributed by atoms with van der Waals surface area (Å²) in [6.07, 6.45) is 0.938. The molecule has 166 valence electrons. The maximum absolute atomic E-state index is 13.0. The predicted molar refractivity (Wildman–Crippen MR) is 115 cm³/mol. The summed E-state index contributed by atoms with van der Waals surface area (Å²) in [4.78, 5) is 24.8. The lowest BCUT2D eigenvalue weighted by molar-refractivity contribution is -0.119. The summed E-state index contributed by atoms with van der Waals surface area (Å²) in [5.41, 5.74) is 0.562. The van der Waals surface area contributed by atoms with Crippen molar-refractivity contribution in [3.63, 3.8) is 0 Å². The number of sulfonamides is 1. The van der Waals surface area contributed by atoms with Gasteiger partial charge in [0.05, 0.1) is 6.54 Å². The molecule has 1 fully saturated rings. The predicted octanol–water partition coefficient (Wildman–Crippen LogP) is 2.44. The van der Waals surface area contributed by atoms with Gasteiger partial charge in [-0.05, 0) is 43.2 Å². The molecule has 0 radical (unpaired) electrons. The minimum absolute atomic E-state index is 0.00254. The van der Waals surface area contributed by atoms with Crippen molar-refractivity contribution in [3.05, 3.63) is 40.8 Å².